The molecule has 1 atom stereocenters. The number of benzene rings is 3. The molecular weight excluding hydrogens is 404 g/mol. The molecule has 1 N–H and O–H groups in total. The molecule has 156 valence electrons. The van der Waals surface area contributed by atoms with Crippen LogP contribution in [0.1, 0.15) is 28.4 Å². The predicted molar refractivity (Wildman–Crippen MR) is 117 cm³/mol. The van der Waals surface area contributed by atoms with Crippen LogP contribution in [0.2, 0.25) is 0 Å². The Morgan fingerprint density at radius 2 is 1.75 bits per heavy atom. The lowest BCUT2D eigenvalue weighted by Crippen LogP contribution is -2.14. The van der Waals surface area contributed by atoms with Crippen molar-refractivity contribution in [3.05, 3.63) is 108 Å². The molecule has 7 heteroatoms. The number of aromatic hydroxyl groups is 1. The highest BCUT2D eigenvalue weighted by Crippen LogP contribution is 2.48. The van der Waals surface area contributed by atoms with Gasteiger partial charge in [0.25, 0.3) is 0 Å². The first-order valence-electron chi connectivity index (χ1n) is 10.2. The molecule has 0 radical (unpaired) electrons. The molecule has 3 heterocycles. The number of phenolic OH excluding ortho intramolecular Hbond substituents is 1. The number of nitrogens with zero attached hydrogens (tertiary/aromatic N) is 4. The zero-order valence-electron chi connectivity index (χ0n) is 16.9. The van der Waals surface area contributed by atoms with Crippen LogP contribution in [0.4, 0.5) is 0 Å². The van der Waals surface area contributed by atoms with Gasteiger partial charge in [0.15, 0.2) is 11.5 Å². The molecule has 0 amide bonds. The van der Waals surface area contributed by atoms with E-state index in [0.717, 1.165) is 22.4 Å². The van der Waals surface area contributed by atoms with Crippen LogP contribution in [0.25, 0.3) is 5.65 Å². The van der Waals surface area contributed by atoms with Gasteiger partial charge in [-0.05, 0) is 23.8 Å². The normalized spacial score (nSPS) is 14.4. The fourth-order valence-corrected chi connectivity index (χ4v) is 4.06. The highest BCUT2D eigenvalue weighted by Gasteiger charge is 2.33. The van der Waals surface area contributed by atoms with Crippen LogP contribution < -0.4 is 9.47 Å². The maximum Gasteiger partial charge on any atom is 0.228 e. The number of ether oxygens (including phenoxy) is 2. The average Bonchev–Trinajstić information content (AvgIpc) is 3.26. The molecule has 7 nitrogen and oxygen atoms in total. The number of rotatable bonds is 4. The van der Waals surface area contributed by atoms with Crippen molar-refractivity contribution in [2.45, 2.75) is 12.5 Å². The third kappa shape index (κ3) is 3.11. The first-order chi connectivity index (χ1) is 15.8. The quantitative estimate of drug-likeness (QED) is 0.444. The maximum atomic E-state index is 9.98. The standard InChI is InChI=1S/C25H18N4O3/c30-17-11-12-19-20(13-17)32-25-23(22(19)16-7-3-1-4-8-16)24-27-21(28-29(24)15-26-25)14-31-18-9-5-2-6-10-18/h1-13,15,22,30H,14H2/t22-/m0/s1. The fourth-order valence-electron chi connectivity index (χ4n) is 4.06. The summed E-state index contributed by atoms with van der Waals surface area (Å²) in [5.74, 6) is 2.31. The molecule has 0 fully saturated rings. The van der Waals surface area contributed by atoms with Gasteiger partial charge in [-0.25, -0.2) is 14.5 Å². The summed E-state index contributed by atoms with van der Waals surface area (Å²) in [6.07, 6.45) is 1.59. The molecule has 0 unspecified atom stereocenters. The van der Waals surface area contributed by atoms with E-state index >= 15 is 0 Å². The lowest BCUT2D eigenvalue weighted by Gasteiger charge is -2.27. The molecule has 32 heavy (non-hydrogen) atoms. The Kier molecular flexibility index (Phi) is 4.24. The van der Waals surface area contributed by atoms with E-state index < -0.39 is 0 Å². The van der Waals surface area contributed by atoms with Crippen LogP contribution in [0, 0.1) is 0 Å². The zero-order valence-corrected chi connectivity index (χ0v) is 16.9. The minimum absolute atomic E-state index is 0.142. The summed E-state index contributed by atoms with van der Waals surface area (Å²) in [7, 11) is 0. The van der Waals surface area contributed by atoms with E-state index in [2.05, 4.69) is 22.2 Å². The van der Waals surface area contributed by atoms with Crippen molar-refractivity contribution < 1.29 is 14.6 Å². The van der Waals surface area contributed by atoms with Crippen LogP contribution >= 0.6 is 0 Å². The molecule has 1 aliphatic rings. The van der Waals surface area contributed by atoms with Gasteiger partial charge in [0, 0.05) is 17.5 Å². The number of phenols is 1. The number of fused-ring (bicyclic) bond motifs is 4. The van der Waals surface area contributed by atoms with Crippen molar-refractivity contribution in [1.29, 1.82) is 0 Å². The Hall–Kier alpha value is -4.39. The van der Waals surface area contributed by atoms with Gasteiger partial charge in [0.2, 0.25) is 5.88 Å². The maximum absolute atomic E-state index is 9.98. The van der Waals surface area contributed by atoms with Crippen molar-refractivity contribution in [2.75, 3.05) is 0 Å². The van der Waals surface area contributed by atoms with Crippen LogP contribution in [-0.4, -0.2) is 24.7 Å². The van der Waals surface area contributed by atoms with Gasteiger partial charge in [0.05, 0.1) is 5.56 Å². The summed E-state index contributed by atoms with van der Waals surface area (Å²) in [5, 5.41) is 14.5. The molecule has 6 rings (SSSR count). The van der Waals surface area contributed by atoms with Crippen LogP contribution in [-0.2, 0) is 6.61 Å². The Bertz CT molecular complexity index is 1420. The molecule has 5 aromatic rings. The highest BCUT2D eigenvalue weighted by atomic mass is 16.5. The molecule has 0 bridgehead atoms. The lowest BCUT2D eigenvalue weighted by molar-refractivity contribution is 0.296. The molecule has 0 saturated heterocycles. The summed E-state index contributed by atoms with van der Waals surface area (Å²) in [4.78, 5) is 9.26. The molecule has 1 aliphatic heterocycles. The van der Waals surface area contributed by atoms with E-state index in [1.807, 2.05) is 54.6 Å². The largest absolute Gasteiger partial charge is 0.508 e. The number of aromatic nitrogens is 4. The first-order valence-corrected chi connectivity index (χ1v) is 10.2. The summed E-state index contributed by atoms with van der Waals surface area (Å²) < 4.78 is 13.6. The average molecular weight is 422 g/mol. The molecule has 3 aromatic carbocycles. The predicted octanol–water partition coefficient (Wildman–Crippen LogP) is 4.69. The van der Waals surface area contributed by atoms with Crippen LogP contribution in [0.5, 0.6) is 23.1 Å². The van der Waals surface area contributed by atoms with Gasteiger partial charge in [0.1, 0.15) is 30.2 Å². The molecule has 2 aromatic heterocycles. The Morgan fingerprint density at radius 1 is 0.969 bits per heavy atom. The summed E-state index contributed by atoms with van der Waals surface area (Å²) in [6.45, 7) is 0.238. The van der Waals surface area contributed by atoms with E-state index in [1.165, 1.54) is 0 Å². The molecule has 0 spiro atoms. The Morgan fingerprint density at radius 3 is 2.56 bits per heavy atom. The van der Waals surface area contributed by atoms with Crippen molar-refractivity contribution in [3.8, 4) is 23.1 Å². The van der Waals surface area contributed by atoms with Crippen molar-refractivity contribution in [1.82, 2.24) is 19.6 Å². The Balaban J connectivity index is 1.47. The zero-order chi connectivity index (χ0) is 21.5. The second kappa shape index (κ2) is 7.39. The molecule has 0 aliphatic carbocycles. The summed E-state index contributed by atoms with van der Waals surface area (Å²) >= 11 is 0. The minimum atomic E-state index is -0.168. The van der Waals surface area contributed by atoms with Crippen LogP contribution in [0.3, 0.4) is 0 Å². The van der Waals surface area contributed by atoms with Gasteiger partial charge < -0.3 is 14.6 Å². The van der Waals surface area contributed by atoms with Gasteiger partial charge in [-0.2, -0.15) is 0 Å². The number of hydrogen-bond donors (Lipinski definition) is 1. The van der Waals surface area contributed by atoms with E-state index in [0.29, 0.717) is 23.1 Å². The van der Waals surface area contributed by atoms with Crippen molar-refractivity contribution in [3.63, 3.8) is 0 Å². The third-order valence-electron chi connectivity index (χ3n) is 5.48. The van der Waals surface area contributed by atoms with Crippen molar-refractivity contribution in [2.24, 2.45) is 0 Å². The topological polar surface area (TPSA) is 81.8 Å². The van der Waals surface area contributed by atoms with E-state index in [9.17, 15) is 5.11 Å². The van der Waals surface area contributed by atoms with E-state index in [1.54, 1.807) is 23.0 Å². The second-order valence-corrected chi connectivity index (χ2v) is 7.53. The SMILES string of the molecule is Oc1ccc2c(c1)Oc1ncn3nc(COc4ccccc4)nc3c1[C@H]2c1ccccc1. The number of para-hydroxylation sites is 1. The van der Waals surface area contributed by atoms with Gasteiger partial charge in [-0.1, -0.05) is 54.6 Å². The van der Waals surface area contributed by atoms with Gasteiger partial charge >= 0.3 is 0 Å². The monoisotopic (exact) mass is 422 g/mol. The lowest BCUT2D eigenvalue weighted by atomic mass is 9.84. The van der Waals surface area contributed by atoms with E-state index in [4.69, 9.17) is 14.5 Å². The highest BCUT2D eigenvalue weighted by molar-refractivity contribution is 5.66. The summed E-state index contributed by atoms with van der Waals surface area (Å²) in [5.41, 5.74) is 3.50. The second-order valence-electron chi connectivity index (χ2n) is 7.53. The smallest absolute Gasteiger partial charge is 0.228 e. The molecular formula is C25H18N4O3. The summed E-state index contributed by atoms with van der Waals surface area (Å²) in [6, 6.07) is 24.8. The van der Waals surface area contributed by atoms with Crippen LogP contribution in [0.15, 0.2) is 85.2 Å². The van der Waals surface area contributed by atoms with Gasteiger partial charge in [-0.15, -0.1) is 5.10 Å². The van der Waals surface area contributed by atoms with Gasteiger partial charge in [-0.3, -0.25) is 0 Å². The third-order valence-corrected chi connectivity index (χ3v) is 5.48. The van der Waals surface area contributed by atoms with E-state index in [-0.39, 0.29) is 18.3 Å². The minimum Gasteiger partial charge on any atom is -0.508 e. The first kappa shape index (κ1) is 18.4. The number of hydrogen-bond acceptors (Lipinski definition) is 6. The Labute approximate surface area is 183 Å². The fraction of sp³-hybridized carbons (Fsp3) is 0.0800. The molecule has 0 saturated carbocycles. The van der Waals surface area contributed by atoms with Crippen molar-refractivity contribution >= 4 is 5.65 Å².